The highest BCUT2D eigenvalue weighted by Crippen LogP contribution is 2.29. The van der Waals surface area contributed by atoms with Gasteiger partial charge in [0.25, 0.3) is 5.91 Å². The van der Waals surface area contributed by atoms with Crippen LogP contribution in [-0.2, 0) is 21.2 Å². The minimum Gasteiger partial charge on any atom is -0.383 e. The van der Waals surface area contributed by atoms with Crippen LogP contribution >= 0.6 is 0 Å². The van der Waals surface area contributed by atoms with Gasteiger partial charge >= 0.3 is 0 Å². The first kappa shape index (κ1) is 18.7. The molecule has 1 aliphatic rings. The molecule has 0 aliphatic carbocycles. The molecule has 24 heavy (non-hydrogen) atoms. The lowest BCUT2D eigenvalue weighted by molar-refractivity contribution is 0.0953. The van der Waals surface area contributed by atoms with E-state index in [9.17, 15) is 13.2 Å². The van der Waals surface area contributed by atoms with Gasteiger partial charge in [-0.15, -0.1) is 0 Å². The quantitative estimate of drug-likeness (QED) is 0.658. The standard InChI is InChI=1S/C16H25N3O4S/c1-23-11-9-17-7-8-18-16(20)14-5-6-15-13(12-14)4-3-10-19(15)24(2,21)22/h5-6,12,17H,3-4,7-11H2,1-2H3,(H,18,20). The van der Waals surface area contributed by atoms with Crippen molar-refractivity contribution in [3.8, 4) is 0 Å². The van der Waals surface area contributed by atoms with Crippen LogP contribution < -0.4 is 14.9 Å². The molecule has 134 valence electrons. The second kappa shape index (κ2) is 8.46. The number of hydrogen-bond acceptors (Lipinski definition) is 5. The Bertz CT molecular complexity index is 676. The van der Waals surface area contributed by atoms with Gasteiger partial charge in [-0.3, -0.25) is 9.10 Å². The number of rotatable bonds is 8. The molecule has 0 bridgehead atoms. The van der Waals surface area contributed by atoms with E-state index in [-0.39, 0.29) is 5.91 Å². The minimum atomic E-state index is -3.28. The first-order valence-electron chi connectivity index (χ1n) is 8.02. The Morgan fingerprint density at radius 2 is 2.08 bits per heavy atom. The van der Waals surface area contributed by atoms with Gasteiger partial charge in [-0.25, -0.2) is 8.42 Å². The van der Waals surface area contributed by atoms with Crippen LogP contribution in [0, 0.1) is 0 Å². The van der Waals surface area contributed by atoms with Gasteiger partial charge in [0.2, 0.25) is 10.0 Å². The molecule has 1 aliphatic heterocycles. The Labute approximate surface area is 143 Å². The number of carbonyl (C=O) groups excluding carboxylic acids is 1. The predicted molar refractivity (Wildman–Crippen MR) is 94.0 cm³/mol. The molecular weight excluding hydrogens is 330 g/mol. The number of aryl methyl sites for hydroxylation is 1. The van der Waals surface area contributed by atoms with Crippen LogP contribution in [0.2, 0.25) is 0 Å². The molecule has 0 unspecified atom stereocenters. The highest BCUT2D eigenvalue weighted by molar-refractivity contribution is 7.92. The molecule has 0 fully saturated rings. The summed E-state index contributed by atoms with van der Waals surface area (Å²) in [4.78, 5) is 12.2. The summed E-state index contributed by atoms with van der Waals surface area (Å²) in [6, 6.07) is 5.19. The van der Waals surface area contributed by atoms with Crippen LogP contribution in [0.4, 0.5) is 5.69 Å². The summed E-state index contributed by atoms with van der Waals surface area (Å²) in [5.41, 5.74) is 2.14. The van der Waals surface area contributed by atoms with E-state index in [0.717, 1.165) is 24.9 Å². The van der Waals surface area contributed by atoms with Crippen LogP contribution in [0.25, 0.3) is 0 Å². The predicted octanol–water partition coefficient (Wildman–Crippen LogP) is 0.365. The fourth-order valence-electron chi connectivity index (χ4n) is 2.71. The van der Waals surface area contributed by atoms with E-state index in [4.69, 9.17) is 4.74 Å². The molecule has 2 rings (SSSR count). The maximum absolute atomic E-state index is 12.2. The van der Waals surface area contributed by atoms with Crippen LogP contribution in [0.1, 0.15) is 22.3 Å². The first-order valence-corrected chi connectivity index (χ1v) is 9.87. The van der Waals surface area contributed by atoms with Crippen molar-refractivity contribution in [2.45, 2.75) is 12.8 Å². The molecule has 0 saturated heterocycles. The van der Waals surface area contributed by atoms with Crippen LogP contribution in [0.3, 0.4) is 0 Å². The maximum atomic E-state index is 12.2. The van der Waals surface area contributed by atoms with E-state index in [2.05, 4.69) is 10.6 Å². The van der Waals surface area contributed by atoms with Crippen molar-refractivity contribution < 1.29 is 17.9 Å². The van der Waals surface area contributed by atoms with E-state index in [1.807, 2.05) is 0 Å². The van der Waals surface area contributed by atoms with Crippen molar-refractivity contribution >= 4 is 21.6 Å². The monoisotopic (exact) mass is 355 g/mol. The smallest absolute Gasteiger partial charge is 0.251 e. The average Bonchev–Trinajstić information content (AvgIpc) is 2.55. The molecule has 1 aromatic carbocycles. The number of ether oxygens (including phenoxy) is 1. The number of methoxy groups -OCH3 is 1. The second-order valence-electron chi connectivity index (χ2n) is 5.78. The Kier molecular flexibility index (Phi) is 6.59. The van der Waals surface area contributed by atoms with Crippen LogP contribution in [0.5, 0.6) is 0 Å². The van der Waals surface area contributed by atoms with E-state index < -0.39 is 10.0 Å². The van der Waals surface area contributed by atoms with E-state index in [1.165, 1.54) is 10.6 Å². The number of benzene rings is 1. The van der Waals surface area contributed by atoms with Gasteiger partial charge in [0.15, 0.2) is 0 Å². The summed E-state index contributed by atoms with van der Waals surface area (Å²) in [6.45, 7) is 3.06. The molecule has 0 saturated carbocycles. The van der Waals surface area contributed by atoms with Gasteiger partial charge < -0.3 is 15.4 Å². The number of nitrogens with one attached hydrogen (secondary N) is 2. The van der Waals surface area contributed by atoms with Gasteiger partial charge in [0.1, 0.15) is 0 Å². The number of hydrogen-bond donors (Lipinski definition) is 2. The zero-order chi connectivity index (χ0) is 17.6. The topological polar surface area (TPSA) is 87.7 Å². The molecular formula is C16H25N3O4S. The largest absolute Gasteiger partial charge is 0.383 e. The summed E-state index contributed by atoms with van der Waals surface area (Å²) in [5.74, 6) is -0.150. The summed E-state index contributed by atoms with van der Waals surface area (Å²) in [6.07, 6.45) is 2.74. The van der Waals surface area contributed by atoms with Gasteiger partial charge in [-0.1, -0.05) is 0 Å². The van der Waals surface area contributed by atoms with Crippen molar-refractivity contribution in [2.24, 2.45) is 0 Å². The lowest BCUT2D eigenvalue weighted by atomic mass is 10.0. The van der Waals surface area contributed by atoms with Gasteiger partial charge in [0, 0.05) is 38.9 Å². The number of sulfonamides is 1. The number of nitrogens with zero attached hydrogens (tertiary/aromatic N) is 1. The zero-order valence-corrected chi connectivity index (χ0v) is 15.0. The third kappa shape index (κ3) is 4.93. The maximum Gasteiger partial charge on any atom is 0.251 e. The number of anilines is 1. The van der Waals surface area contributed by atoms with E-state index >= 15 is 0 Å². The van der Waals surface area contributed by atoms with Crippen molar-refractivity contribution in [1.82, 2.24) is 10.6 Å². The Morgan fingerprint density at radius 1 is 1.29 bits per heavy atom. The fraction of sp³-hybridized carbons (Fsp3) is 0.562. The minimum absolute atomic E-state index is 0.150. The van der Waals surface area contributed by atoms with Crippen LogP contribution in [-0.4, -0.2) is 60.5 Å². The van der Waals surface area contributed by atoms with Crippen molar-refractivity contribution in [1.29, 1.82) is 0 Å². The SMILES string of the molecule is COCCNCCNC(=O)c1ccc2c(c1)CCCN2S(C)(=O)=O. The molecule has 0 radical (unpaired) electrons. The molecule has 0 aromatic heterocycles. The normalized spacial score (nSPS) is 14.3. The van der Waals surface area contributed by atoms with Crippen molar-refractivity contribution in [3.63, 3.8) is 0 Å². The van der Waals surface area contributed by atoms with E-state index in [1.54, 1.807) is 25.3 Å². The van der Waals surface area contributed by atoms with Crippen LogP contribution in [0.15, 0.2) is 18.2 Å². The average molecular weight is 355 g/mol. The summed E-state index contributed by atoms with van der Waals surface area (Å²) in [7, 11) is -1.64. The number of amides is 1. The number of fused-ring (bicyclic) bond motifs is 1. The molecule has 0 atom stereocenters. The molecule has 1 heterocycles. The second-order valence-corrected chi connectivity index (χ2v) is 7.69. The fourth-order valence-corrected chi connectivity index (χ4v) is 3.71. The molecule has 7 nitrogen and oxygen atoms in total. The van der Waals surface area contributed by atoms with E-state index in [0.29, 0.717) is 37.5 Å². The molecule has 1 aromatic rings. The highest BCUT2D eigenvalue weighted by atomic mass is 32.2. The van der Waals surface area contributed by atoms with Gasteiger partial charge in [-0.05, 0) is 36.6 Å². The molecule has 2 N–H and O–H groups in total. The molecule has 0 spiro atoms. The lowest BCUT2D eigenvalue weighted by Crippen LogP contribution is -2.35. The van der Waals surface area contributed by atoms with Gasteiger partial charge in [-0.2, -0.15) is 0 Å². The van der Waals surface area contributed by atoms with Crippen molar-refractivity contribution in [3.05, 3.63) is 29.3 Å². The van der Waals surface area contributed by atoms with Crippen molar-refractivity contribution in [2.75, 3.05) is 50.5 Å². The molecule has 1 amide bonds. The molecule has 8 heteroatoms. The third-order valence-corrected chi connectivity index (χ3v) is 5.07. The lowest BCUT2D eigenvalue weighted by Gasteiger charge is -2.29. The third-order valence-electron chi connectivity index (χ3n) is 3.89. The summed E-state index contributed by atoms with van der Waals surface area (Å²) < 4.78 is 30.0. The Morgan fingerprint density at radius 3 is 2.79 bits per heavy atom. The first-order chi connectivity index (χ1) is 11.4. The number of carbonyl (C=O) groups is 1. The Hall–Kier alpha value is -1.64. The Balaban J connectivity index is 1.97. The summed E-state index contributed by atoms with van der Waals surface area (Å²) >= 11 is 0. The zero-order valence-electron chi connectivity index (χ0n) is 14.2. The summed E-state index contributed by atoms with van der Waals surface area (Å²) in [5, 5.41) is 6.00. The van der Waals surface area contributed by atoms with Gasteiger partial charge in [0.05, 0.1) is 18.6 Å². The highest BCUT2D eigenvalue weighted by Gasteiger charge is 2.24.